The highest BCUT2D eigenvalue weighted by molar-refractivity contribution is 6.34. The van der Waals surface area contributed by atoms with Crippen LogP contribution in [0.5, 0.6) is 0 Å². The first-order valence-corrected chi connectivity index (χ1v) is 7.31. The molecular formula is C14H18Cl2N2O2. The minimum absolute atomic E-state index is 0.103. The van der Waals surface area contributed by atoms with Crippen molar-refractivity contribution in [3.63, 3.8) is 0 Å². The number of halogens is 2. The van der Waals surface area contributed by atoms with Crippen LogP contribution < -0.4 is 11.1 Å². The highest BCUT2D eigenvalue weighted by atomic mass is 35.5. The van der Waals surface area contributed by atoms with Gasteiger partial charge in [-0.1, -0.05) is 23.2 Å². The van der Waals surface area contributed by atoms with E-state index in [0.717, 1.165) is 19.4 Å². The normalized spacial score (nSPS) is 21.6. The van der Waals surface area contributed by atoms with Crippen LogP contribution >= 0.6 is 23.2 Å². The summed E-state index contributed by atoms with van der Waals surface area (Å²) in [6.45, 7) is 3.02. The molecule has 1 fully saturated rings. The Balaban J connectivity index is 2.23. The molecule has 2 rings (SSSR count). The Morgan fingerprint density at radius 3 is 2.90 bits per heavy atom. The number of nitrogens with two attached hydrogens (primary N) is 1. The molecule has 110 valence electrons. The van der Waals surface area contributed by atoms with Crippen molar-refractivity contribution >= 4 is 29.1 Å². The van der Waals surface area contributed by atoms with Crippen molar-refractivity contribution in [1.29, 1.82) is 0 Å². The van der Waals surface area contributed by atoms with Gasteiger partial charge in [-0.05, 0) is 38.0 Å². The number of nitrogens with one attached hydrogen (secondary N) is 1. The zero-order valence-electron chi connectivity index (χ0n) is 11.3. The molecule has 0 aliphatic carbocycles. The molecule has 1 aromatic carbocycles. The topological polar surface area (TPSA) is 64.3 Å². The lowest BCUT2D eigenvalue weighted by Crippen LogP contribution is -2.52. The van der Waals surface area contributed by atoms with Gasteiger partial charge >= 0.3 is 0 Å². The van der Waals surface area contributed by atoms with E-state index in [1.807, 2.05) is 0 Å². The van der Waals surface area contributed by atoms with Crippen molar-refractivity contribution in [3.8, 4) is 0 Å². The third kappa shape index (κ3) is 3.26. The smallest absolute Gasteiger partial charge is 0.242 e. The van der Waals surface area contributed by atoms with Crippen molar-refractivity contribution in [2.45, 2.75) is 31.4 Å². The number of hydrogen-bond donors (Lipinski definition) is 2. The van der Waals surface area contributed by atoms with Crippen molar-refractivity contribution < 1.29 is 9.53 Å². The molecule has 1 aliphatic heterocycles. The molecule has 0 radical (unpaired) electrons. The van der Waals surface area contributed by atoms with Gasteiger partial charge < -0.3 is 10.5 Å². The molecule has 2 unspecified atom stereocenters. The fraction of sp³-hybridized carbons (Fsp3) is 0.500. The second-order valence-electron chi connectivity index (χ2n) is 5.13. The van der Waals surface area contributed by atoms with Gasteiger partial charge in [0.25, 0.3) is 0 Å². The van der Waals surface area contributed by atoms with Crippen LogP contribution in [0.3, 0.4) is 0 Å². The third-order valence-electron chi connectivity index (χ3n) is 3.67. The van der Waals surface area contributed by atoms with Crippen LogP contribution in [0.1, 0.15) is 25.3 Å². The number of ether oxygens (including phenoxy) is 1. The van der Waals surface area contributed by atoms with Crippen LogP contribution in [0.25, 0.3) is 0 Å². The average Bonchev–Trinajstić information content (AvgIpc) is 2.92. The lowest BCUT2D eigenvalue weighted by Gasteiger charge is -2.30. The first-order chi connectivity index (χ1) is 9.43. The number of carbonyl (C=O) groups is 1. The first-order valence-electron chi connectivity index (χ1n) is 6.55. The van der Waals surface area contributed by atoms with Crippen LogP contribution in [0, 0.1) is 0 Å². The molecule has 4 nitrogen and oxygen atoms in total. The number of primary amides is 1. The van der Waals surface area contributed by atoms with Gasteiger partial charge in [-0.25, -0.2) is 0 Å². The number of carbonyl (C=O) groups excluding carboxylic acids is 1. The predicted octanol–water partition coefficient (Wildman–Crippen LogP) is 2.46. The van der Waals surface area contributed by atoms with Gasteiger partial charge in [0.1, 0.15) is 5.54 Å². The van der Waals surface area contributed by atoms with Crippen LogP contribution in [-0.4, -0.2) is 25.2 Å². The Hall–Kier alpha value is -0.810. The lowest BCUT2D eigenvalue weighted by atomic mass is 9.90. The summed E-state index contributed by atoms with van der Waals surface area (Å²) in [5.74, 6) is -0.500. The van der Waals surface area contributed by atoms with Gasteiger partial charge in [-0.2, -0.15) is 0 Å². The SMILES string of the molecule is CC(NCC1CCCO1)(C(N)=O)c1cc(Cl)ccc1Cl. The quantitative estimate of drug-likeness (QED) is 0.877. The number of benzene rings is 1. The molecular weight excluding hydrogens is 299 g/mol. The molecule has 1 saturated heterocycles. The van der Waals surface area contributed by atoms with Crippen molar-refractivity contribution in [3.05, 3.63) is 33.8 Å². The largest absolute Gasteiger partial charge is 0.377 e. The Kier molecular flexibility index (Phi) is 4.91. The molecule has 1 aromatic rings. The molecule has 1 amide bonds. The summed E-state index contributed by atoms with van der Waals surface area (Å²) < 4.78 is 5.54. The zero-order chi connectivity index (χ0) is 14.8. The summed E-state index contributed by atoms with van der Waals surface area (Å²) >= 11 is 12.2. The molecule has 6 heteroatoms. The average molecular weight is 317 g/mol. The van der Waals surface area contributed by atoms with E-state index in [9.17, 15) is 4.79 Å². The summed E-state index contributed by atoms with van der Waals surface area (Å²) in [6.07, 6.45) is 2.12. The summed E-state index contributed by atoms with van der Waals surface area (Å²) in [6, 6.07) is 5.00. The van der Waals surface area contributed by atoms with E-state index >= 15 is 0 Å². The predicted molar refractivity (Wildman–Crippen MR) is 80.0 cm³/mol. The van der Waals surface area contributed by atoms with E-state index in [1.165, 1.54) is 0 Å². The van der Waals surface area contributed by atoms with Gasteiger partial charge in [0, 0.05) is 28.8 Å². The second-order valence-corrected chi connectivity index (χ2v) is 5.97. The van der Waals surface area contributed by atoms with Crippen LogP contribution in [0.2, 0.25) is 10.0 Å². The monoisotopic (exact) mass is 316 g/mol. The highest BCUT2D eigenvalue weighted by Crippen LogP contribution is 2.31. The molecule has 3 N–H and O–H groups in total. The minimum atomic E-state index is -1.08. The molecule has 20 heavy (non-hydrogen) atoms. The Morgan fingerprint density at radius 1 is 1.55 bits per heavy atom. The Bertz CT molecular complexity index is 504. The molecule has 0 saturated carbocycles. The van der Waals surface area contributed by atoms with Crippen LogP contribution in [0.15, 0.2) is 18.2 Å². The fourth-order valence-electron chi connectivity index (χ4n) is 2.32. The zero-order valence-corrected chi connectivity index (χ0v) is 12.8. The first kappa shape index (κ1) is 15.6. The van der Waals surface area contributed by atoms with E-state index in [2.05, 4.69) is 5.32 Å². The van der Waals surface area contributed by atoms with Crippen molar-refractivity contribution in [2.75, 3.05) is 13.2 Å². The maximum absolute atomic E-state index is 11.9. The maximum atomic E-state index is 11.9. The van der Waals surface area contributed by atoms with Crippen molar-refractivity contribution in [2.24, 2.45) is 5.73 Å². The standard InChI is InChI=1S/C14H18Cl2N2O2/c1-14(13(17)19,18-8-10-3-2-6-20-10)11-7-9(15)4-5-12(11)16/h4-5,7,10,18H,2-3,6,8H2,1H3,(H2,17,19). The van der Waals surface area contributed by atoms with Gasteiger partial charge in [0.15, 0.2) is 0 Å². The van der Waals surface area contributed by atoms with Gasteiger partial charge in [-0.15, -0.1) is 0 Å². The molecule has 1 heterocycles. The van der Waals surface area contributed by atoms with Crippen molar-refractivity contribution in [1.82, 2.24) is 5.32 Å². The van der Waals surface area contributed by atoms with E-state index < -0.39 is 11.4 Å². The number of amides is 1. The Labute approximate surface area is 128 Å². The number of hydrogen-bond acceptors (Lipinski definition) is 3. The van der Waals surface area contributed by atoms with E-state index in [0.29, 0.717) is 22.2 Å². The molecule has 1 aliphatic rings. The van der Waals surface area contributed by atoms with Gasteiger partial charge in [0.2, 0.25) is 5.91 Å². The molecule has 2 atom stereocenters. The summed E-state index contributed by atoms with van der Waals surface area (Å²) in [5.41, 5.74) is 5.07. The van der Waals surface area contributed by atoms with Crippen LogP contribution in [0.4, 0.5) is 0 Å². The summed E-state index contributed by atoms with van der Waals surface area (Å²) in [4.78, 5) is 11.9. The van der Waals surface area contributed by atoms with E-state index in [4.69, 9.17) is 33.7 Å². The van der Waals surface area contributed by atoms with E-state index in [1.54, 1.807) is 25.1 Å². The summed E-state index contributed by atoms with van der Waals surface area (Å²) in [5, 5.41) is 4.14. The fourth-order valence-corrected chi connectivity index (χ4v) is 2.80. The lowest BCUT2D eigenvalue weighted by molar-refractivity contribution is -0.124. The third-order valence-corrected chi connectivity index (χ3v) is 4.23. The second kappa shape index (κ2) is 6.31. The number of rotatable bonds is 5. The molecule has 0 spiro atoms. The Morgan fingerprint density at radius 2 is 2.30 bits per heavy atom. The molecule has 0 bridgehead atoms. The summed E-state index contributed by atoms with van der Waals surface area (Å²) in [7, 11) is 0. The molecule has 0 aromatic heterocycles. The van der Waals surface area contributed by atoms with Crippen LogP contribution in [-0.2, 0) is 15.1 Å². The highest BCUT2D eigenvalue weighted by Gasteiger charge is 2.35. The van der Waals surface area contributed by atoms with Gasteiger partial charge in [0.05, 0.1) is 6.10 Å². The maximum Gasteiger partial charge on any atom is 0.242 e. The minimum Gasteiger partial charge on any atom is -0.377 e. The van der Waals surface area contributed by atoms with E-state index in [-0.39, 0.29) is 6.10 Å². The van der Waals surface area contributed by atoms with Gasteiger partial charge in [-0.3, -0.25) is 10.1 Å².